The van der Waals surface area contributed by atoms with Crippen molar-refractivity contribution in [2.75, 3.05) is 6.54 Å². The number of carbonyl (C=O) groups excluding carboxylic acids is 1. The minimum absolute atomic E-state index is 0.0962. The molecule has 1 unspecified atom stereocenters. The first-order valence-corrected chi connectivity index (χ1v) is 7.28. The molecule has 1 aliphatic rings. The maximum atomic E-state index is 11.9. The van der Waals surface area contributed by atoms with Gasteiger partial charge in [-0.25, -0.2) is 0 Å². The van der Waals surface area contributed by atoms with Crippen LogP contribution in [0.1, 0.15) is 24.8 Å². The molecule has 0 radical (unpaired) electrons. The van der Waals surface area contributed by atoms with E-state index in [1.165, 1.54) is 0 Å². The number of aromatic amines is 1. The van der Waals surface area contributed by atoms with Crippen molar-refractivity contribution >= 4 is 5.91 Å². The Kier molecular flexibility index (Phi) is 4.25. The number of aromatic nitrogens is 3. The van der Waals surface area contributed by atoms with Gasteiger partial charge in [0.15, 0.2) is 0 Å². The van der Waals surface area contributed by atoms with Crippen molar-refractivity contribution in [1.82, 2.24) is 25.8 Å². The lowest BCUT2D eigenvalue weighted by Crippen LogP contribution is -2.42. The molecule has 110 valence electrons. The second-order valence-electron chi connectivity index (χ2n) is 5.23. The number of nitrogens with one attached hydrogen (secondary N) is 3. The second kappa shape index (κ2) is 6.49. The molecule has 1 amide bonds. The lowest BCUT2D eigenvalue weighted by atomic mass is 10.1. The number of hydrogen-bond acceptors (Lipinski definition) is 4. The van der Waals surface area contributed by atoms with Crippen LogP contribution in [0.3, 0.4) is 0 Å². The van der Waals surface area contributed by atoms with Gasteiger partial charge in [0, 0.05) is 36.6 Å². The van der Waals surface area contributed by atoms with Gasteiger partial charge in [-0.1, -0.05) is 0 Å². The van der Waals surface area contributed by atoms with Gasteiger partial charge in [0.2, 0.25) is 5.91 Å². The summed E-state index contributed by atoms with van der Waals surface area (Å²) in [5.41, 5.74) is 2.99. The van der Waals surface area contributed by atoms with E-state index in [-0.39, 0.29) is 11.9 Å². The predicted molar refractivity (Wildman–Crippen MR) is 79.3 cm³/mol. The van der Waals surface area contributed by atoms with Crippen molar-refractivity contribution in [3.05, 3.63) is 36.3 Å². The summed E-state index contributed by atoms with van der Waals surface area (Å²) in [4.78, 5) is 16.0. The highest BCUT2D eigenvalue weighted by molar-refractivity contribution is 5.81. The molecule has 0 aliphatic carbocycles. The van der Waals surface area contributed by atoms with E-state index in [0.29, 0.717) is 6.54 Å². The zero-order valence-electron chi connectivity index (χ0n) is 11.8. The van der Waals surface area contributed by atoms with Crippen LogP contribution in [0.15, 0.2) is 30.7 Å². The van der Waals surface area contributed by atoms with Crippen molar-refractivity contribution in [2.45, 2.75) is 31.8 Å². The highest BCUT2D eigenvalue weighted by Gasteiger charge is 2.20. The molecule has 21 heavy (non-hydrogen) atoms. The van der Waals surface area contributed by atoms with E-state index in [0.717, 1.165) is 42.6 Å². The lowest BCUT2D eigenvalue weighted by molar-refractivity contribution is -0.122. The van der Waals surface area contributed by atoms with Gasteiger partial charge in [-0.15, -0.1) is 0 Å². The zero-order valence-corrected chi connectivity index (χ0v) is 11.8. The summed E-state index contributed by atoms with van der Waals surface area (Å²) in [6.45, 7) is 1.39. The van der Waals surface area contributed by atoms with Gasteiger partial charge in [-0.05, 0) is 31.4 Å². The van der Waals surface area contributed by atoms with Crippen LogP contribution >= 0.6 is 0 Å². The molecule has 1 saturated heterocycles. The Labute approximate surface area is 123 Å². The second-order valence-corrected chi connectivity index (χ2v) is 5.23. The van der Waals surface area contributed by atoms with Crippen molar-refractivity contribution in [3.8, 4) is 11.3 Å². The molecular weight excluding hydrogens is 266 g/mol. The largest absolute Gasteiger partial charge is 0.355 e. The van der Waals surface area contributed by atoms with E-state index in [9.17, 15) is 4.79 Å². The topological polar surface area (TPSA) is 82.7 Å². The van der Waals surface area contributed by atoms with Gasteiger partial charge in [0.25, 0.3) is 0 Å². The van der Waals surface area contributed by atoms with Gasteiger partial charge in [0.05, 0.1) is 17.9 Å². The fraction of sp³-hybridized carbons (Fsp3) is 0.400. The molecule has 0 bridgehead atoms. The Balaban J connectivity index is 1.69. The molecule has 3 heterocycles. The van der Waals surface area contributed by atoms with Gasteiger partial charge in [-0.3, -0.25) is 14.9 Å². The van der Waals surface area contributed by atoms with Gasteiger partial charge >= 0.3 is 0 Å². The maximum absolute atomic E-state index is 11.9. The third-order valence-electron chi connectivity index (χ3n) is 3.74. The number of nitrogens with zero attached hydrogens (tertiary/aromatic N) is 2. The smallest absolute Gasteiger partial charge is 0.237 e. The standard InChI is InChI=1S/C15H19N5O/c21-15-13(5-1-2-7-17-15)18-9-12-10-19-20-14(12)11-4-3-6-16-8-11/h3-4,6,8,10,13,18H,1-2,5,7,9H2,(H,17,21)(H,19,20). The molecule has 0 saturated carbocycles. The molecule has 1 aliphatic heterocycles. The van der Waals surface area contributed by atoms with Gasteiger partial charge < -0.3 is 10.6 Å². The summed E-state index contributed by atoms with van der Waals surface area (Å²) in [5, 5.41) is 13.4. The van der Waals surface area contributed by atoms with E-state index >= 15 is 0 Å². The summed E-state index contributed by atoms with van der Waals surface area (Å²) in [6, 6.07) is 3.76. The van der Waals surface area contributed by atoms with Crippen LogP contribution in [-0.4, -0.2) is 33.7 Å². The van der Waals surface area contributed by atoms with Gasteiger partial charge in [0.1, 0.15) is 0 Å². The van der Waals surface area contributed by atoms with Crippen LogP contribution in [-0.2, 0) is 11.3 Å². The predicted octanol–water partition coefficient (Wildman–Crippen LogP) is 1.23. The minimum Gasteiger partial charge on any atom is -0.355 e. The molecule has 1 fully saturated rings. The molecule has 3 N–H and O–H groups in total. The third kappa shape index (κ3) is 3.28. The lowest BCUT2D eigenvalue weighted by Gasteiger charge is -2.15. The molecular formula is C15H19N5O. The molecule has 3 rings (SSSR count). The SMILES string of the molecule is O=C1NCCCCC1NCc1cn[nH]c1-c1cccnc1. The van der Waals surface area contributed by atoms with Crippen molar-refractivity contribution < 1.29 is 4.79 Å². The fourth-order valence-corrected chi connectivity index (χ4v) is 2.57. The van der Waals surface area contributed by atoms with Crippen LogP contribution in [0.4, 0.5) is 0 Å². The number of pyridine rings is 1. The number of amides is 1. The number of rotatable bonds is 4. The van der Waals surface area contributed by atoms with Crippen LogP contribution < -0.4 is 10.6 Å². The summed E-state index contributed by atoms with van der Waals surface area (Å²) in [6.07, 6.45) is 8.34. The van der Waals surface area contributed by atoms with Crippen molar-refractivity contribution in [1.29, 1.82) is 0 Å². The molecule has 6 heteroatoms. The first kappa shape index (κ1) is 13.8. The Morgan fingerprint density at radius 1 is 1.33 bits per heavy atom. The molecule has 2 aromatic rings. The maximum Gasteiger partial charge on any atom is 0.237 e. The molecule has 2 aromatic heterocycles. The molecule has 6 nitrogen and oxygen atoms in total. The first-order chi connectivity index (χ1) is 10.3. The summed E-state index contributed by atoms with van der Waals surface area (Å²) in [5.74, 6) is 0.0962. The fourth-order valence-electron chi connectivity index (χ4n) is 2.57. The Bertz CT molecular complexity index is 595. The molecule has 1 atom stereocenters. The highest BCUT2D eigenvalue weighted by atomic mass is 16.2. The number of carbonyl (C=O) groups is 1. The average molecular weight is 285 g/mol. The van der Waals surface area contributed by atoms with Crippen LogP contribution in [0.2, 0.25) is 0 Å². The van der Waals surface area contributed by atoms with Crippen LogP contribution in [0.5, 0.6) is 0 Å². The first-order valence-electron chi connectivity index (χ1n) is 7.28. The zero-order chi connectivity index (χ0) is 14.5. The third-order valence-corrected chi connectivity index (χ3v) is 3.74. The van der Waals surface area contributed by atoms with Crippen LogP contribution in [0.25, 0.3) is 11.3 Å². The molecule has 0 spiro atoms. The van der Waals surface area contributed by atoms with Crippen molar-refractivity contribution in [3.63, 3.8) is 0 Å². The van der Waals surface area contributed by atoms with E-state index in [4.69, 9.17) is 0 Å². The van der Waals surface area contributed by atoms with E-state index in [1.54, 1.807) is 18.6 Å². The Morgan fingerprint density at radius 2 is 2.29 bits per heavy atom. The summed E-state index contributed by atoms with van der Waals surface area (Å²) >= 11 is 0. The average Bonchev–Trinajstić information content (AvgIpc) is 2.89. The summed E-state index contributed by atoms with van der Waals surface area (Å²) < 4.78 is 0. The molecule has 0 aromatic carbocycles. The summed E-state index contributed by atoms with van der Waals surface area (Å²) in [7, 11) is 0. The number of hydrogen-bond donors (Lipinski definition) is 3. The van der Waals surface area contributed by atoms with E-state index in [2.05, 4.69) is 25.8 Å². The highest BCUT2D eigenvalue weighted by Crippen LogP contribution is 2.20. The Morgan fingerprint density at radius 3 is 3.14 bits per heavy atom. The van der Waals surface area contributed by atoms with Crippen LogP contribution in [0, 0.1) is 0 Å². The van der Waals surface area contributed by atoms with E-state index < -0.39 is 0 Å². The Hall–Kier alpha value is -2.21. The van der Waals surface area contributed by atoms with Crippen molar-refractivity contribution in [2.24, 2.45) is 0 Å². The monoisotopic (exact) mass is 285 g/mol. The number of H-pyrrole nitrogens is 1. The normalized spacial score (nSPS) is 19.0. The quantitative estimate of drug-likeness (QED) is 0.789. The van der Waals surface area contributed by atoms with E-state index in [1.807, 2.05) is 12.1 Å². The minimum atomic E-state index is -0.121. The van der Waals surface area contributed by atoms with Gasteiger partial charge in [-0.2, -0.15) is 5.10 Å².